The number of amides is 1. The van der Waals surface area contributed by atoms with Crippen molar-refractivity contribution < 1.29 is 9.90 Å². The summed E-state index contributed by atoms with van der Waals surface area (Å²) in [7, 11) is 0. The Morgan fingerprint density at radius 1 is 1.58 bits per heavy atom. The Kier molecular flexibility index (Phi) is 3.54. The van der Waals surface area contributed by atoms with E-state index in [9.17, 15) is 9.90 Å². The van der Waals surface area contributed by atoms with E-state index in [-0.39, 0.29) is 11.5 Å². The van der Waals surface area contributed by atoms with Crippen LogP contribution in [0.3, 0.4) is 0 Å². The lowest BCUT2D eigenvalue weighted by Gasteiger charge is -2.41. The molecule has 0 bridgehead atoms. The molecule has 3 N–H and O–H groups in total. The minimum absolute atomic E-state index is 0.0482. The van der Waals surface area contributed by atoms with Crippen LogP contribution < -0.4 is 5.73 Å². The molecule has 0 aliphatic carbocycles. The maximum atomic E-state index is 11.3. The van der Waals surface area contributed by atoms with Crippen LogP contribution in [0.15, 0.2) is 11.5 Å². The summed E-state index contributed by atoms with van der Waals surface area (Å²) in [6, 6.07) is -0.0482. The average Bonchev–Trinajstić information content (AvgIpc) is 2.74. The van der Waals surface area contributed by atoms with Crippen LogP contribution in [0.5, 0.6) is 0 Å². The van der Waals surface area contributed by atoms with Crippen molar-refractivity contribution >= 4 is 28.1 Å². The first-order chi connectivity index (χ1) is 8.79. The van der Waals surface area contributed by atoms with Gasteiger partial charge in [-0.15, -0.1) is 11.3 Å². The molecule has 2 heterocycles. The summed E-state index contributed by atoms with van der Waals surface area (Å²) < 4.78 is 0. The maximum Gasteiger partial charge on any atom is 0.407 e. The summed E-state index contributed by atoms with van der Waals surface area (Å²) in [5, 5.41) is 11.8. The normalized spacial score (nSPS) is 20.3. The zero-order chi connectivity index (χ0) is 14.2. The third-order valence-corrected chi connectivity index (χ3v) is 4.09. The van der Waals surface area contributed by atoms with Crippen molar-refractivity contribution in [2.75, 3.05) is 12.3 Å². The van der Waals surface area contributed by atoms with E-state index in [1.165, 1.54) is 16.2 Å². The number of carboxylic acid groups (broad SMARTS) is 1. The number of nitrogens with two attached hydrogens (primary N) is 1. The quantitative estimate of drug-likeness (QED) is 0.829. The molecule has 19 heavy (non-hydrogen) atoms. The Hall–Kier alpha value is -1.56. The monoisotopic (exact) mass is 281 g/mol. The van der Waals surface area contributed by atoms with Gasteiger partial charge in [0.25, 0.3) is 0 Å². The number of carbonyl (C=O) groups is 1. The number of rotatable bonds is 1. The number of hydrogen-bond acceptors (Lipinski definition) is 4. The van der Waals surface area contributed by atoms with Crippen LogP contribution in [0, 0.1) is 5.41 Å². The van der Waals surface area contributed by atoms with Crippen LogP contribution in [-0.2, 0) is 0 Å². The molecule has 1 amide bonds. The SMILES string of the molecule is CC(C)(C)C1CC(c2csc(N)n2)=CCN1C(=O)O. The highest BCUT2D eigenvalue weighted by Crippen LogP contribution is 2.36. The second-order valence-electron chi connectivity index (χ2n) is 5.82. The van der Waals surface area contributed by atoms with Crippen molar-refractivity contribution in [3.8, 4) is 0 Å². The number of anilines is 1. The average molecular weight is 281 g/mol. The van der Waals surface area contributed by atoms with Crippen LogP contribution in [0.2, 0.25) is 0 Å². The lowest BCUT2D eigenvalue weighted by atomic mass is 9.80. The number of thiazole rings is 1. The third kappa shape index (κ3) is 2.89. The summed E-state index contributed by atoms with van der Waals surface area (Å²) in [5.41, 5.74) is 7.51. The highest BCUT2D eigenvalue weighted by atomic mass is 32.1. The van der Waals surface area contributed by atoms with Gasteiger partial charge in [-0.3, -0.25) is 0 Å². The molecule has 0 spiro atoms. The molecule has 6 heteroatoms. The largest absolute Gasteiger partial charge is 0.465 e. The lowest BCUT2D eigenvalue weighted by molar-refractivity contribution is 0.0883. The minimum atomic E-state index is -0.868. The zero-order valence-corrected chi connectivity index (χ0v) is 12.2. The van der Waals surface area contributed by atoms with Gasteiger partial charge in [0.05, 0.1) is 5.69 Å². The van der Waals surface area contributed by atoms with Crippen LogP contribution in [-0.4, -0.2) is 33.7 Å². The fourth-order valence-corrected chi connectivity index (χ4v) is 2.95. The summed E-state index contributed by atoms with van der Waals surface area (Å²) in [6.45, 7) is 6.59. The number of nitrogen functional groups attached to an aromatic ring is 1. The molecule has 1 aliphatic heterocycles. The maximum absolute atomic E-state index is 11.3. The standard InChI is InChI=1S/C13H19N3O2S/c1-13(2,3)10-6-8(4-5-16(10)12(17)18)9-7-19-11(14)15-9/h4,7,10H,5-6H2,1-3H3,(H2,14,15)(H,17,18). The van der Waals surface area contributed by atoms with E-state index < -0.39 is 6.09 Å². The van der Waals surface area contributed by atoms with E-state index >= 15 is 0 Å². The van der Waals surface area contributed by atoms with Gasteiger partial charge in [0.1, 0.15) is 0 Å². The Balaban J connectivity index is 2.29. The Morgan fingerprint density at radius 3 is 2.74 bits per heavy atom. The molecule has 1 unspecified atom stereocenters. The van der Waals surface area contributed by atoms with Gasteiger partial charge in [-0.2, -0.15) is 0 Å². The predicted molar refractivity (Wildman–Crippen MR) is 77.1 cm³/mol. The molecule has 0 radical (unpaired) electrons. The molecular weight excluding hydrogens is 262 g/mol. The van der Waals surface area contributed by atoms with Crippen LogP contribution in [0.4, 0.5) is 9.93 Å². The first-order valence-corrected chi connectivity index (χ1v) is 7.07. The Bertz CT molecular complexity index is 516. The van der Waals surface area contributed by atoms with E-state index in [0.717, 1.165) is 11.3 Å². The summed E-state index contributed by atoms with van der Waals surface area (Å²) in [4.78, 5) is 17.1. The molecule has 1 atom stereocenters. The van der Waals surface area contributed by atoms with Crippen LogP contribution in [0.1, 0.15) is 32.9 Å². The molecule has 0 aromatic carbocycles. The lowest BCUT2D eigenvalue weighted by Crippen LogP contribution is -2.48. The van der Waals surface area contributed by atoms with Crippen LogP contribution in [0.25, 0.3) is 5.57 Å². The van der Waals surface area contributed by atoms with E-state index in [1.54, 1.807) is 0 Å². The van der Waals surface area contributed by atoms with Crippen molar-refractivity contribution in [3.05, 3.63) is 17.2 Å². The molecule has 1 aliphatic rings. The van der Waals surface area contributed by atoms with Gasteiger partial charge in [-0.1, -0.05) is 26.8 Å². The fourth-order valence-electron chi connectivity index (χ4n) is 2.37. The smallest absolute Gasteiger partial charge is 0.407 e. The highest BCUT2D eigenvalue weighted by Gasteiger charge is 2.36. The van der Waals surface area contributed by atoms with Crippen molar-refractivity contribution in [1.82, 2.24) is 9.88 Å². The van der Waals surface area contributed by atoms with Gasteiger partial charge in [0, 0.05) is 18.0 Å². The van der Waals surface area contributed by atoms with Gasteiger partial charge in [-0.25, -0.2) is 9.78 Å². The first-order valence-electron chi connectivity index (χ1n) is 6.19. The summed E-state index contributed by atoms with van der Waals surface area (Å²) >= 11 is 1.41. The minimum Gasteiger partial charge on any atom is -0.465 e. The van der Waals surface area contributed by atoms with E-state index in [0.29, 0.717) is 18.1 Å². The van der Waals surface area contributed by atoms with E-state index in [1.807, 2.05) is 11.5 Å². The highest BCUT2D eigenvalue weighted by molar-refractivity contribution is 7.13. The molecule has 1 aromatic heterocycles. The van der Waals surface area contributed by atoms with Crippen molar-refractivity contribution in [2.45, 2.75) is 33.2 Å². The number of hydrogen-bond donors (Lipinski definition) is 2. The third-order valence-electron chi connectivity index (χ3n) is 3.42. The molecule has 0 saturated heterocycles. The van der Waals surface area contributed by atoms with Crippen LogP contribution >= 0.6 is 11.3 Å². The van der Waals surface area contributed by atoms with Gasteiger partial charge in [0.15, 0.2) is 5.13 Å². The molecular formula is C13H19N3O2S. The van der Waals surface area contributed by atoms with E-state index in [4.69, 9.17) is 5.73 Å². The summed E-state index contributed by atoms with van der Waals surface area (Å²) in [5.74, 6) is 0. The topological polar surface area (TPSA) is 79.5 Å². The first kappa shape index (κ1) is 13.9. The molecule has 2 rings (SSSR count). The van der Waals surface area contributed by atoms with Gasteiger partial charge in [0.2, 0.25) is 0 Å². The summed E-state index contributed by atoms with van der Waals surface area (Å²) in [6.07, 6.45) is 1.75. The molecule has 5 nitrogen and oxygen atoms in total. The second-order valence-corrected chi connectivity index (χ2v) is 6.71. The van der Waals surface area contributed by atoms with Crippen molar-refractivity contribution in [2.24, 2.45) is 5.41 Å². The second kappa shape index (κ2) is 4.85. The predicted octanol–water partition coefficient (Wildman–Crippen LogP) is 2.91. The zero-order valence-electron chi connectivity index (χ0n) is 11.4. The van der Waals surface area contributed by atoms with Gasteiger partial charge < -0.3 is 15.7 Å². The van der Waals surface area contributed by atoms with Crippen molar-refractivity contribution in [3.63, 3.8) is 0 Å². The Morgan fingerprint density at radius 2 is 2.26 bits per heavy atom. The van der Waals surface area contributed by atoms with E-state index in [2.05, 4.69) is 25.8 Å². The molecule has 0 saturated carbocycles. The number of nitrogens with zero attached hydrogens (tertiary/aromatic N) is 2. The van der Waals surface area contributed by atoms with Gasteiger partial charge in [-0.05, 0) is 17.4 Å². The molecule has 104 valence electrons. The Labute approximate surface area is 116 Å². The van der Waals surface area contributed by atoms with Gasteiger partial charge >= 0.3 is 6.09 Å². The number of aromatic nitrogens is 1. The fraction of sp³-hybridized carbons (Fsp3) is 0.538. The molecule has 1 aromatic rings. The van der Waals surface area contributed by atoms with Crippen molar-refractivity contribution in [1.29, 1.82) is 0 Å². The molecule has 0 fully saturated rings.